The van der Waals surface area contributed by atoms with Gasteiger partial charge < -0.3 is 14.6 Å². The second kappa shape index (κ2) is 6.67. The van der Waals surface area contributed by atoms with Gasteiger partial charge in [0.2, 0.25) is 5.88 Å². The summed E-state index contributed by atoms with van der Waals surface area (Å²) in [6.07, 6.45) is -0.266. The van der Waals surface area contributed by atoms with Crippen molar-refractivity contribution >= 4 is 15.9 Å². The SMILES string of the molecule is COc1ccc(C(O)Cc2ccc(OC)c(Br)c2)nn1. The van der Waals surface area contributed by atoms with Crippen molar-refractivity contribution in [2.24, 2.45) is 0 Å². The number of methoxy groups -OCH3 is 2. The van der Waals surface area contributed by atoms with Crippen LogP contribution in [0, 0.1) is 0 Å². The van der Waals surface area contributed by atoms with Gasteiger partial charge in [0.15, 0.2) is 0 Å². The molecular weight excluding hydrogens is 324 g/mol. The van der Waals surface area contributed by atoms with Crippen LogP contribution in [0.25, 0.3) is 0 Å². The molecule has 6 heteroatoms. The van der Waals surface area contributed by atoms with Gasteiger partial charge in [0.25, 0.3) is 0 Å². The maximum atomic E-state index is 10.2. The molecule has 0 fully saturated rings. The van der Waals surface area contributed by atoms with E-state index in [-0.39, 0.29) is 0 Å². The third-order valence-corrected chi connectivity index (χ3v) is 3.48. The zero-order chi connectivity index (χ0) is 14.5. The number of ether oxygens (including phenoxy) is 2. The molecule has 1 atom stereocenters. The molecule has 2 rings (SSSR count). The lowest BCUT2D eigenvalue weighted by atomic mass is 10.1. The third kappa shape index (κ3) is 3.46. The standard InChI is InChI=1S/C14H15BrN2O3/c1-19-13-5-3-9(7-10(13)15)8-12(18)11-4-6-14(20-2)17-16-11/h3-7,12,18H,8H2,1-2H3. The summed E-state index contributed by atoms with van der Waals surface area (Å²) < 4.78 is 11.0. The Balaban J connectivity index is 2.10. The minimum Gasteiger partial charge on any atom is -0.496 e. The van der Waals surface area contributed by atoms with Gasteiger partial charge in [-0.05, 0) is 39.7 Å². The summed E-state index contributed by atoms with van der Waals surface area (Å²) in [7, 11) is 3.14. The molecule has 0 saturated heterocycles. The van der Waals surface area contributed by atoms with Crippen molar-refractivity contribution < 1.29 is 14.6 Å². The molecule has 0 radical (unpaired) electrons. The monoisotopic (exact) mass is 338 g/mol. The van der Waals surface area contributed by atoms with Gasteiger partial charge in [-0.2, -0.15) is 0 Å². The largest absolute Gasteiger partial charge is 0.496 e. The van der Waals surface area contributed by atoms with E-state index in [4.69, 9.17) is 9.47 Å². The van der Waals surface area contributed by atoms with E-state index in [2.05, 4.69) is 26.1 Å². The second-order valence-electron chi connectivity index (χ2n) is 4.19. The number of hydrogen-bond acceptors (Lipinski definition) is 5. The van der Waals surface area contributed by atoms with Gasteiger partial charge in [-0.3, -0.25) is 0 Å². The van der Waals surface area contributed by atoms with Crippen LogP contribution in [-0.4, -0.2) is 29.5 Å². The maximum Gasteiger partial charge on any atom is 0.233 e. The summed E-state index contributed by atoms with van der Waals surface area (Å²) in [5.74, 6) is 1.18. The zero-order valence-corrected chi connectivity index (χ0v) is 12.8. The summed E-state index contributed by atoms with van der Waals surface area (Å²) in [6, 6.07) is 9.05. The van der Waals surface area contributed by atoms with Crippen molar-refractivity contribution in [1.82, 2.24) is 10.2 Å². The van der Waals surface area contributed by atoms with E-state index >= 15 is 0 Å². The lowest BCUT2D eigenvalue weighted by Crippen LogP contribution is -2.06. The fourth-order valence-corrected chi connectivity index (χ4v) is 2.37. The molecule has 1 unspecified atom stereocenters. The molecule has 1 N–H and O–H groups in total. The fraction of sp³-hybridized carbons (Fsp3) is 0.286. The van der Waals surface area contributed by atoms with E-state index in [0.29, 0.717) is 18.0 Å². The topological polar surface area (TPSA) is 64.5 Å². The van der Waals surface area contributed by atoms with Gasteiger partial charge in [0.1, 0.15) is 11.9 Å². The third-order valence-electron chi connectivity index (χ3n) is 2.86. The van der Waals surface area contributed by atoms with Crippen molar-refractivity contribution in [3.05, 3.63) is 46.1 Å². The van der Waals surface area contributed by atoms with Crippen LogP contribution < -0.4 is 9.47 Å². The number of aromatic nitrogens is 2. The Morgan fingerprint density at radius 2 is 1.95 bits per heavy atom. The van der Waals surface area contributed by atoms with Crippen molar-refractivity contribution in [3.63, 3.8) is 0 Å². The molecule has 0 spiro atoms. The molecule has 0 aliphatic heterocycles. The quantitative estimate of drug-likeness (QED) is 0.907. The fourth-order valence-electron chi connectivity index (χ4n) is 1.78. The molecule has 1 aromatic heterocycles. The van der Waals surface area contributed by atoms with E-state index in [0.717, 1.165) is 15.8 Å². The summed E-state index contributed by atoms with van der Waals surface area (Å²) in [4.78, 5) is 0. The normalized spacial score (nSPS) is 12.0. The van der Waals surface area contributed by atoms with Crippen molar-refractivity contribution in [2.45, 2.75) is 12.5 Å². The van der Waals surface area contributed by atoms with Gasteiger partial charge in [0.05, 0.1) is 24.4 Å². The predicted molar refractivity (Wildman–Crippen MR) is 77.9 cm³/mol. The first-order valence-corrected chi connectivity index (χ1v) is 6.81. The van der Waals surface area contributed by atoms with Crippen LogP contribution in [0.2, 0.25) is 0 Å². The number of halogens is 1. The van der Waals surface area contributed by atoms with Crippen LogP contribution in [0.4, 0.5) is 0 Å². The highest BCUT2D eigenvalue weighted by atomic mass is 79.9. The highest BCUT2D eigenvalue weighted by Crippen LogP contribution is 2.27. The van der Waals surface area contributed by atoms with Gasteiger partial charge in [0, 0.05) is 12.5 Å². The number of rotatable bonds is 5. The van der Waals surface area contributed by atoms with Gasteiger partial charge in [-0.15, -0.1) is 10.2 Å². The summed E-state index contributed by atoms with van der Waals surface area (Å²) in [5.41, 5.74) is 1.49. The number of benzene rings is 1. The molecule has 0 aliphatic rings. The van der Waals surface area contributed by atoms with E-state index in [1.165, 1.54) is 7.11 Å². The first-order valence-electron chi connectivity index (χ1n) is 6.02. The van der Waals surface area contributed by atoms with E-state index < -0.39 is 6.10 Å². The van der Waals surface area contributed by atoms with Crippen LogP contribution in [0.15, 0.2) is 34.8 Å². The predicted octanol–water partition coefficient (Wildman–Crippen LogP) is 2.53. The summed E-state index contributed by atoms with van der Waals surface area (Å²) >= 11 is 3.42. The molecule has 0 amide bonds. The molecule has 2 aromatic rings. The highest BCUT2D eigenvalue weighted by Gasteiger charge is 2.12. The van der Waals surface area contributed by atoms with Gasteiger partial charge in [-0.25, -0.2) is 0 Å². The summed E-state index contributed by atoms with van der Waals surface area (Å²) in [6.45, 7) is 0. The molecular formula is C14H15BrN2O3. The maximum absolute atomic E-state index is 10.2. The van der Waals surface area contributed by atoms with Gasteiger partial charge >= 0.3 is 0 Å². The lowest BCUT2D eigenvalue weighted by Gasteiger charge is -2.11. The van der Waals surface area contributed by atoms with E-state index in [1.807, 2.05) is 18.2 Å². The molecule has 1 aromatic carbocycles. The van der Waals surface area contributed by atoms with Crippen LogP contribution >= 0.6 is 15.9 Å². The van der Waals surface area contributed by atoms with E-state index in [1.54, 1.807) is 19.2 Å². The Hall–Kier alpha value is -1.66. The smallest absolute Gasteiger partial charge is 0.233 e. The minimum atomic E-state index is -0.714. The molecule has 5 nitrogen and oxygen atoms in total. The number of hydrogen-bond donors (Lipinski definition) is 1. The number of nitrogens with zero attached hydrogens (tertiary/aromatic N) is 2. The molecule has 20 heavy (non-hydrogen) atoms. The van der Waals surface area contributed by atoms with Crippen LogP contribution in [-0.2, 0) is 6.42 Å². The Kier molecular flexibility index (Phi) is 4.92. The van der Waals surface area contributed by atoms with Gasteiger partial charge in [-0.1, -0.05) is 6.07 Å². The summed E-state index contributed by atoms with van der Waals surface area (Å²) in [5, 5.41) is 17.9. The molecule has 0 bridgehead atoms. The highest BCUT2D eigenvalue weighted by molar-refractivity contribution is 9.10. The molecule has 0 saturated carbocycles. The number of aliphatic hydroxyl groups excluding tert-OH is 1. The van der Waals surface area contributed by atoms with Crippen molar-refractivity contribution in [1.29, 1.82) is 0 Å². The minimum absolute atomic E-state index is 0.424. The number of aliphatic hydroxyl groups is 1. The Bertz CT molecular complexity index is 575. The first-order chi connectivity index (χ1) is 9.63. The molecule has 1 heterocycles. The lowest BCUT2D eigenvalue weighted by molar-refractivity contribution is 0.172. The van der Waals surface area contributed by atoms with Crippen LogP contribution in [0.3, 0.4) is 0 Å². The first kappa shape index (κ1) is 14.7. The van der Waals surface area contributed by atoms with Crippen LogP contribution in [0.1, 0.15) is 17.4 Å². The second-order valence-corrected chi connectivity index (χ2v) is 5.04. The average molecular weight is 339 g/mol. The zero-order valence-electron chi connectivity index (χ0n) is 11.2. The van der Waals surface area contributed by atoms with Crippen LogP contribution in [0.5, 0.6) is 11.6 Å². The molecule has 106 valence electrons. The Morgan fingerprint density at radius 1 is 1.15 bits per heavy atom. The molecule has 0 aliphatic carbocycles. The Morgan fingerprint density at radius 3 is 2.50 bits per heavy atom. The van der Waals surface area contributed by atoms with E-state index in [9.17, 15) is 5.11 Å². The average Bonchev–Trinajstić information content (AvgIpc) is 2.47. The van der Waals surface area contributed by atoms with Crippen molar-refractivity contribution in [2.75, 3.05) is 14.2 Å². The van der Waals surface area contributed by atoms with Crippen molar-refractivity contribution in [3.8, 4) is 11.6 Å². The Labute approximate surface area is 125 Å².